The number of ketones is 1. The van der Waals surface area contributed by atoms with Crippen LogP contribution in [0.5, 0.6) is 0 Å². The van der Waals surface area contributed by atoms with Gasteiger partial charge >= 0.3 is 11.9 Å². The molecule has 0 bridgehead atoms. The second-order valence-electron chi connectivity index (χ2n) is 31.0. The third-order valence-electron chi connectivity index (χ3n) is 21.7. The summed E-state index contributed by atoms with van der Waals surface area (Å²) in [6.07, 6.45) is 10.0. The minimum Gasteiger partial charge on any atom is -0.481 e. The van der Waals surface area contributed by atoms with Gasteiger partial charge in [-0.3, -0.25) is 24.0 Å². The Balaban J connectivity index is 0.000000138. The van der Waals surface area contributed by atoms with E-state index in [2.05, 4.69) is 167 Å². The Kier molecular flexibility index (Phi) is 24.2. The van der Waals surface area contributed by atoms with E-state index in [9.17, 15) is 24.0 Å². The van der Waals surface area contributed by atoms with Crippen LogP contribution < -0.4 is 5.73 Å². The van der Waals surface area contributed by atoms with Gasteiger partial charge in [-0.1, -0.05) is 46.5 Å². The van der Waals surface area contributed by atoms with Crippen molar-refractivity contribution in [1.82, 2.24) is 47.7 Å². The number of carbonyl (C=O) groups is 5. The van der Waals surface area contributed by atoms with Crippen molar-refractivity contribution in [3.8, 4) is 0 Å². The van der Waals surface area contributed by atoms with Gasteiger partial charge in [0, 0.05) is 236 Å². The lowest BCUT2D eigenvalue weighted by molar-refractivity contribution is -0.156. The smallest absolute Gasteiger partial charge is 0.306 e. The number of amides is 2. The third kappa shape index (κ3) is 18.1. The van der Waals surface area contributed by atoms with Crippen molar-refractivity contribution < 1.29 is 38.6 Å². The molecule has 544 valence electrons. The molecule has 6 aliphatic rings. The lowest BCUT2D eigenvalue weighted by Gasteiger charge is -2.32. The lowest BCUT2D eigenvalue weighted by Crippen LogP contribution is -2.43. The van der Waals surface area contributed by atoms with E-state index in [1.807, 2.05) is 30.6 Å². The van der Waals surface area contributed by atoms with E-state index in [0.717, 1.165) is 150 Å². The van der Waals surface area contributed by atoms with Gasteiger partial charge in [-0.05, 0) is 179 Å². The Bertz CT molecular complexity index is 4300. The van der Waals surface area contributed by atoms with Crippen LogP contribution in [0, 0.1) is 33.6 Å². The maximum absolute atomic E-state index is 13.0. The van der Waals surface area contributed by atoms with Crippen molar-refractivity contribution in [1.29, 1.82) is 0 Å². The summed E-state index contributed by atoms with van der Waals surface area (Å²) in [5, 5.41) is 14.3. The van der Waals surface area contributed by atoms with Gasteiger partial charge < -0.3 is 68.0 Å². The number of hydrogen-bond donors (Lipinski definition) is 2. The number of carbonyl (C=O) groups excluding carboxylic acids is 4. The molecular weight excluding hydrogens is 1270 g/mol. The van der Waals surface area contributed by atoms with Crippen molar-refractivity contribution in [3.63, 3.8) is 0 Å². The summed E-state index contributed by atoms with van der Waals surface area (Å²) >= 11 is 0. The van der Waals surface area contributed by atoms with E-state index in [1.165, 1.54) is 111 Å². The summed E-state index contributed by atoms with van der Waals surface area (Å²) in [5.41, 5.74) is 26.9. The highest BCUT2D eigenvalue weighted by Gasteiger charge is 2.31. The number of aromatic nitrogens is 4. The van der Waals surface area contributed by atoms with Crippen LogP contribution in [0.4, 0.5) is 0 Å². The molecule has 0 spiro atoms. The Morgan fingerprint density at radius 3 is 1.10 bits per heavy atom. The quantitative estimate of drug-likeness (QED) is 0.0870. The molecule has 2 fully saturated rings. The van der Waals surface area contributed by atoms with Gasteiger partial charge in [0.2, 0.25) is 11.8 Å². The predicted octanol–water partition coefficient (Wildman–Crippen LogP) is 11.5. The summed E-state index contributed by atoms with van der Waals surface area (Å²) in [6.45, 7) is 28.6. The molecule has 14 rings (SSSR count). The first-order valence-corrected chi connectivity index (χ1v) is 37.2. The first-order chi connectivity index (χ1) is 48.3. The molecule has 0 atom stereocenters. The number of rotatable bonds is 16. The minimum atomic E-state index is -0.736. The summed E-state index contributed by atoms with van der Waals surface area (Å²) in [4.78, 5) is 74.0. The molecule has 19 nitrogen and oxygen atoms in total. The topological polar surface area (TPSA) is 189 Å². The average molecular weight is 1380 g/mol. The first kappa shape index (κ1) is 74.5. The molecule has 19 heteroatoms. The number of likely N-dealkylation sites (tertiary alicyclic amines) is 2. The van der Waals surface area contributed by atoms with Crippen LogP contribution in [0.15, 0.2) is 72.8 Å². The largest absolute Gasteiger partial charge is 0.481 e. The number of aryl methyl sites for hydroxylation is 8. The fraction of sp³-hybridized carbons (Fsp3) is 0.549. The number of likely N-dealkylation sites (N-methyl/N-ethyl adjacent to an activating group) is 4. The normalized spacial score (nSPS) is 17.2. The van der Waals surface area contributed by atoms with E-state index in [4.69, 9.17) is 20.3 Å². The van der Waals surface area contributed by atoms with Crippen LogP contribution in [0.1, 0.15) is 146 Å². The van der Waals surface area contributed by atoms with Gasteiger partial charge in [-0.25, -0.2) is 0 Å². The Labute approximate surface area is 598 Å². The Hall–Kier alpha value is -7.65. The van der Waals surface area contributed by atoms with Gasteiger partial charge in [0.15, 0.2) is 5.78 Å². The van der Waals surface area contributed by atoms with Crippen LogP contribution in [0.3, 0.4) is 0 Å². The predicted molar refractivity (Wildman–Crippen MR) is 403 cm³/mol. The number of fused-ring (bicyclic) bond motifs is 12. The third-order valence-corrected chi connectivity index (χ3v) is 21.7. The van der Waals surface area contributed by atoms with Crippen LogP contribution >= 0.6 is 0 Å². The van der Waals surface area contributed by atoms with E-state index < -0.39 is 11.6 Å². The molecule has 4 aromatic carbocycles. The number of benzene rings is 4. The van der Waals surface area contributed by atoms with E-state index >= 15 is 0 Å². The van der Waals surface area contributed by atoms with Gasteiger partial charge in [-0.15, -0.1) is 0 Å². The van der Waals surface area contributed by atoms with E-state index in [1.54, 1.807) is 7.11 Å². The molecule has 0 unspecified atom stereocenters. The maximum Gasteiger partial charge on any atom is 0.306 e. The molecular formula is C82H113N11O8. The van der Waals surface area contributed by atoms with Crippen LogP contribution in [0.2, 0.25) is 0 Å². The molecule has 3 N–H and O–H groups in total. The first-order valence-electron chi connectivity index (χ1n) is 37.2. The summed E-state index contributed by atoms with van der Waals surface area (Å²) in [5.74, 6) is 0.106. The zero-order chi connectivity index (χ0) is 72.0. The minimum absolute atomic E-state index is 0.127. The molecule has 10 heterocycles. The van der Waals surface area contributed by atoms with Gasteiger partial charge in [0.1, 0.15) is 12.2 Å². The Morgan fingerprint density at radius 2 is 0.782 bits per heavy atom. The number of methoxy groups -OCH3 is 1. The van der Waals surface area contributed by atoms with Crippen molar-refractivity contribution in [3.05, 3.63) is 140 Å². The molecule has 2 amide bonds. The van der Waals surface area contributed by atoms with Crippen molar-refractivity contribution in [2.45, 2.75) is 196 Å². The molecule has 2 saturated heterocycles. The summed E-state index contributed by atoms with van der Waals surface area (Å²) in [7, 11) is 10.2. The number of Topliss-reactive ketones (excluding diaryl/α,β-unsaturated/α-hetero) is 1. The summed E-state index contributed by atoms with van der Waals surface area (Å²) < 4.78 is 19.8. The number of carboxylic acids is 1. The number of hydrogen-bond acceptors (Lipinski definition) is 12. The number of piperidine rings is 2. The molecule has 101 heavy (non-hydrogen) atoms. The zero-order valence-corrected chi connectivity index (χ0v) is 62.7. The van der Waals surface area contributed by atoms with Crippen molar-refractivity contribution in [2.24, 2.45) is 11.7 Å². The molecule has 0 saturated carbocycles. The molecule has 4 aromatic heterocycles. The molecule has 0 aliphatic carbocycles. The van der Waals surface area contributed by atoms with Crippen molar-refractivity contribution >= 4 is 73.1 Å². The average Bonchev–Trinajstić information content (AvgIpc) is 1.63. The molecule has 6 aliphatic heterocycles. The number of nitrogens with zero attached hydrogens (tertiary/aromatic N) is 10. The second-order valence-corrected chi connectivity index (χ2v) is 31.0. The van der Waals surface area contributed by atoms with Gasteiger partial charge in [0.25, 0.3) is 0 Å². The monoisotopic (exact) mass is 1380 g/mol. The number of carboxylic acid groups (broad SMARTS) is 1. The second kappa shape index (κ2) is 32.8. The highest BCUT2D eigenvalue weighted by molar-refractivity contribution is 5.90. The lowest BCUT2D eigenvalue weighted by atomic mass is 9.93. The number of ether oxygens (including phenoxy) is 2. The number of aliphatic carboxylic acids is 1. The zero-order valence-electron chi connectivity index (χ0n) is 62.7. The van der Waals surface area contributed by atoms with E-state index in [0.29, 0.717) is 38.1 Å². The highest BCUT2D eigenvalue weighted by Crippen LogP contribution is 2.37. The van der Waals surface area contributed by atoms with Crippen LogP contribution in [-0.4, -0.2) is 188 Å². The maximum atomic E-state index is 13.0. The summed E-state index contributed by atoms with van der Waals surface area (Å²) in [6, 6.07) is 26.8. The van der Waals surface area contributed by atoms with Crippen LogP contribution in [0.25, 0.3) is 43.6 Å². The standard InChI is InChI=1S/C27H39N3O3.C21H30N4O.C18H24N2O2.C16H20N2O2/c1-19-6-7-23-21(16-19)22-18-28(5)12-10-24(22)30(23)15-11-25(31)29-13-8-20(9-14-29)17-26(32)33-27(2,3)4;1-15-3-4-19-17(13-15)18-14-23(2)9-7-20(18)25(19)12-8-21(26)24-10-5-16(22)6-11-24;1-13-4-5-17-15(10-13)16-11-19(2)8-7-18(16)20(17)9-6-14(21)12-22-3;1-11-3-4-14-12(9-11)13-10-17(2)7-5-15(13)18(14)8-6-16(19)20/h6-7,16,20H,8-15,17-18H2,1-5H3;3-4,13,16H,5-12,14,22H2,1-2H3;4-5,10H,6-9,11-12H2,1-3H3;3-4,9H,5-8,10H2,1-2H3,(H,19,20). The van der Waals surface area contributed by atoms with Crippen molar-refractivity contribution in [2.75, 3.05) is 94.3 Å². The van der Waals surface area contributed by atoms with Crippen LogP contribution in [-0.2, 0) is 111 Å². The van der Waals surface area contributed by atoms with Gasteiger partial charge in [-0.2, -0.15) is 0 Å². The highest BCUT2D eigenvalue weighted by atomic mass is 16.6. The molecule has 8 aromatic rings. The molecule has 0 radical (unpaired) electrons. The number of nitrogens with two attached hydrogens (primary N) is 1. The number of esters is 1. The fourth-order valence-electron chi connectivity index (χ4n) is 16.4. The van der Waals surface area contributed by atoms with Gasteiger partial charge in [0.05, 0.1) is 6.42 Å². The Morgan fingerprint density at radius 1 is 0.465 bits per heavy atom. The van der Waals surface area contributed by atoms with E-state index in [-0.39, 0.29) is 42.6 Å². The fourth-order valence-corrected chi connectivity index (χ4v) is 16.4. The SMILES string of the molecule is COCC(=O)CCn1c2c(c3cc(C)ccc31)CN(C)CC2.Cc1ccc2c(c1)c1c(n2CCC(=O)N2CCC(CC(=O)OC(C)(C)C)CC2)CCN(C)C1.Cc1ccc2c(c1)c1c(n2CCC(=O)N2CCC(N)CC2)CCN(C)C1.Cc1ccc2c(c1)c1c(n2CCC(=O)O)CCN(C)C1.